The summed E-state index contributed by atoms with van der Waals surface area (Å²) in [5, 5.41) is 8.16. The molecule has 0 aliphatic rings. The van der Waals surface area contributed by atoms with Gasteiger partial charge in [-0.1, -0.05) is 47.2 Å². The molecule has 0 atom stereocenters. The molecule has 0 fully saturated rings. The number of rotatable bonds is 4. The number of hydrogen-bond donors (Lipinski definition) is 0. The Labute approximate surface area is 147 Å². The zero-order valence-corrected chi connectivity index (χ0v) is 14.4. The standard InChI is InChI=1S/C18H15F3N2OS/c1-11-7-12(2)9-14(8-11)16-22-23-17(24-16)25-10-13-5-3-4-6-15(13)18(19,20)21/h3-9H,10H2,1-2H3. The van der Waals surface area contributed by atoms with E-state index < -0.39 is 11.7 Å². The first-order valence-electron chi connectivity index (χ1n) is 7.53. The van der Waals surface area contributed by atoms with Crippen LogP contribution in [0.4, 0.5) is 13.2 Å². The highest BCUT2D eigenvalue weighted by Crippen LogP contribution is 2.35. The normalized spacial score (nSPS) is 11.7. The molecule has 0 aliphatic carbocycles. The molecule has 3 nitrogen and oxygen atoms in total. The first-order chi connectivity index (χ1) is 11.8. The van der Waals surface area contributed by atoms with Crippen molar-refractivity contribution in [3.63, 3.8) is 0 Å². The molecule has 3 rings (SSSR count). The summed E-state index contributed by atoms with van der Waals surface area (Å²) in [6.07, 6.45) is -4.38. The van der Waals surface area contributed by atoms with Gasteiger partial charge in [0.2, 0.25) is 5.89 Å². The maximum atomic E-state index is 13.0. The molecule has 0 unspecified atom stereocenters. The van der Waals surface area contributed by atoms with Crippen LogP contribution in [0.15, 0.2) is 52.1 Å². The Hall–Kier alpha value is -2.28. The number of halogens is 3. The molecular weight excluding hydrogens is 349 g/mol. The van der Waals surface area contributed by atoms with E-state index in [-0.39, 0.29) is 16.5 Å². The maximum absolute atomic E-state index is 13.0. The van der Waals surface area contributed by atoms with Crippen LogP contribution in [0.3, 0.4) is 0 Å². The van der Waals surface area contributed by atoms with Gasteiger partial charge in [-0.15, -0.1) is 10.2 Å². The maximum Gasteiger partial charge on any atom is 0.416 e. The third kappa shape index (κ3) is 4.22. The smallest absolute Gasteiger partial charge is 0.411 e. The summed E-state index contributed by atoms with van der Waals surface area (Å²) in [4.78, 5) is 0. The highest BCUT2D eigenvalue weighted by molar-refractivity contribution is 7.98. The van der Waals surface area contributed by atoms with E-state index in [0.29, 0.717) is 5.89 Å². The summed E-state index contributed by atoms with van der Waals surface area (Å²) in [6, 6.07) is 11.4. The molecule has 130 valence electrons. The van der Waals surface area contributed by atoms with Gasteiger partial charge >= 0.3 is 6.18 Å². The lowest BCUT2D eigenvalue weighted by atomic mass is 10.1. The fraction of sp³-hybridized carbons (Fsp3) is 0.222. The average Bonchev–Trinajstić information content (AvgIpc) is 3.00. The minimum atomic E-state index is -4.38. The summed E-state index contributed by atoms with van der Waals surface area (Å²) < 4.78 is 44.6. The molecule has 0 bridgehead atoms. The molecule has 25 heavy (non-hydrogen) atoms. The lowest BCUT2D eigenvalue weighted by Gasteiger charge is -2.11. The van der Waals surface area contributed by atoms with Gasteiger partial charge in [0.1, 0.15) is 0 Å². The van der Waals surface area contributed by atoms with Crippen LogP contribution in [0.25, 0.3) is 11.5 Å². The van der Waals surface area contributed by atoms with Crippen molar-refractivity contribution < 1.29 is 17.6 Å². The van der Waals surface area contributed by atoms with Gasteiger partial charge in [0.15, 0.2) is 0 Å². The molecule has 0 aliphatic heterocycles. The van der Waals surface area contributed by atoms with Crippen molar-refractivity contribution in [2.45, 2.75) is 31.0 Å². The molecule has 0 N–H and O–H groups in total. The highest BCUT2D eigenvalue weighted by Gasteiger charge is 2.32. The van der Waals surface area contributed by atoms with E-state index in [0.717, 1.165) is 34.5 Å². The predicted molar refractivity (Wildman–Crippen MR) is 90.2 cm³/mol. The fourth-order valence-corrected chi connectivity index (χ4v) is 3.31. The van der Waals surface area contributed by atoms with Crippen LogP contribution in [-0.4, -0.2) is 10.2 Å². The predicted octanol–water partition coefficient (Wildman–Crippen LogP) is 5.66. The number of alkyl halides is 3. The Bertz CT molecular complexity index is 870. The number of thioether (sulfide) groups is 1. The van der Waals surface area contributed by atoms with Gasteiger partial charge in [-0.3, -0.25) is 0 Å². The van der Waals surface area contributed by atoms with Crippen LogP contribution < -0.4 is 0 Å². The SMILES string of the molecule is Cc1cc(C)cc(-c2nnc(SCc3ccccc3C(F)(F)F)o2)c1. The molecule has 1 aromatic heterocycles. The van der Waals surface area contributed by atoms with Crippen LogP contribution >= 0.6 is 11.8 Å². The first kappa shape index (κ1) is 17.5. The topological polar surface area (TPSA) is 38.9 Å². The van der Waals surface area contributed by atoms with Gasteiger partial charge in [0.05, 0.1) is 5.56 Å². The summed E-state index contributed by atoms with van der Waals surface area (Å²) in [5.41, 5.74) is 2.48. The van der Waals surface area contributed by atoms with Gasteiger partial charge in [-0.05, 0) is 37.6 Å². The van der Waals surface area contributed by atoms with Crippen molar-refractivity contribution in [1.29, 1.82) is 0 Å². The molecule has 0 saturated carbocycles. The Kier molecular flexibility index (Phi) is 4.85. The van der Waals surface area contributed by atoms with Crippen molar-refractivity contribution in [2.24, 2.45) is 0 Å². The second-order valence-corrected chi connectivity index (χ2v) is 6.62. The molecule has 1 heterocycles. The second kappa shape index (κ2) is 6.92. The van der Waals surface area contributed by atoms with Gasteiger partial charge in [-0.25, -0.2) is 0 Å². The molecule has 0 saturated heterocycles. The van der Waals surface area contributed by atoms with Crippen molar-refractivity contribution in [3.8, 4) is 11.5 Å². The van der Waals surface area contributed by atoms with Crippen molar-refractivity contribution in [3.05, 3.63) is 64.7 Å². The van der Waals surface area contributed by atoms with E-state index in [4.69, 9.17) is 4.42 Å². The van der Waals surface area contributed by atoms with Crippen molar-refractivity contribution >= 4 is 11.8 Å². The van der Waals surface area contributed by atoms with E-state index in [2.05, 4.69) is 10.2 Å². The van der Waals surface area contributed by atoms with E-state index in [1.165, 1.54) is 12.1 Å². The lowest BCUT2D eigenvalue weighted by molar-refractivity contribution is -0.138. The monoisotopic (exact) mass is 364 g/mol. The first-order valence-corrected chi connectivity index (χ1v) is 8.51. The Morgan fingerprint density at radius 1 is 1.00 bits per heavy atom. The average molecular weight is 364 g/mol. The van der Waals surface area contributed by atoms with Crippen LogP contribution in [0.2, 0.25) is 0 Å². The molecule has 3 aromatic rings. The van der Waals surface area contributed by atoms with E-state index >= 15 is 0 Å². The zero-order valence-electron chi connectivity index (χ0n) is 13.6. The number of aryl methyl sites for hydroxylation is 2. The minimum absolute atomic E-state index is 0.101. The molecule has 2 aromatic carbocycles. The summed E-state index contributed by atoms with van der Waals surface area (Å²) >= 11 is 1.09. The number of hydrogen-bond acceptors (Lipinski definition) is 4. The highest BCUT2D eigenvalue weighted by atomic mass is 32.2. The third-order valence-electron chi connectivity index (χ3n) is 3.55. The largest absolute Gasteiger partial charge is 0.416 e. The third-order valence-corrected chi connectivity index (χ3v) is 4.42. The second-order valence-electron chi connectivity index (χ2n) is 5.69. The Morgan fingerprint density at radius 2 is 1.68 bits per heavy atom. The van der Waals surface area contributed by atoms with Gasteiger partial charge in [0.25, 0.3) is 5.22 Å². The minimum Gasteiger partial charge on any atom is -0.411 e. The fourth-order valence-electron chi connectivity index (χ4n) is 2.55. The quantitative estimate of drug-likeness (QED) is 0.560. The summed E-state index contributed by atoms with van der Waals surface area (Å²) in [6.45, 7) is 3.94. The van der Waals surface area contributed by atoms with Crippen molar-refractivity contribution in [1.82, 2.24) is 10.2 Å². The van der Waals surface area contributed by atoms with Crippen LogP contribution in [0.1, 0.15) is 22.3 Å². The molecular formula is C18H15F3N2OS. The van der Waals surface area contributed by atoms with E-state index in [9.17, 15) is 13.2 Å². The van der Waals surface area contributed by atoms with Gasteiger partial charge in [-0.2, -0.15) is 13.2 Å². The number of aromatic nitrogens is 2. The summed E-state index contributed by atoms with van der Waals surface area (Å²) in [5.74, 6) is 0.461. The molecule has 0 amide bonds. The van der Waals surface area contributed by atoms with Crippen LogP contribution in [-0.2, 0) is 11.9 Å². The number of benzene rings is 2. The summed E-state index contributed by atoms with van der Waals surface area (Å²) in [7, 11) is 0. The van der Waals surface area contributed by atoms with Crippen LogP contribution in [0, 0.1) is 13.8 Å². The van der Waals surface area contributed by atoms with E-state index in [1.54, 1.807) is 6.07 Å². The van der Waals surface area contributed by atoms with Crippen molar-refractivity contribution in [2.75, 3.05) is 0 Å². The van der Waals surface area contributed by atoms with E-state index in [1.807, 2.05) is 32.0 Å². The lowest BCUT2D eigenvalue weighted by Crippen LogP contribution is -2.08. The van der Waals surface area contributed by atoms with Crippen LogP contribution in [0.5, 0.6) is 0 Å². The number of nitrogens with zero attached hydrogens (tertiary/aromatic N) is 2. The molecule has 0 spiro atoms. The Morgan fingerprint density at radius 3 is 2.36 bits per heavy atom. The molecule has 7 heteroatoms. The molecule has 0 radical (unpaired) electrons. The Balaban J connectivity index is 1.77. The van der Waals surface area contributed by atoms with Gasteiger partial charge < -0.3 is 4.42 Å². The zero-order chi connectivity index (χ0) is 18.0. The van der Waals surface area contributed by atoms with Gasteiger partial charge in [0, 0.05) is 11.3 Å².